The first-order valence-electron chi connectivity index (χ1n) is 6.56. The molecule has 2 aromatic carbocycles. The Hall–Kier alpha value is -2.46. The third-order valence-corrected chi connectivity index (χ3v) is 3.62. The number of para-hydroxylation sites is 1. The number of benzene rings is 2. The first-order valence-corrected chi connectivity index (χ1v) is 6.94. The molecule has 4 N–H and O–H groups in total. The van der Waals surface area contributed by atoms with E-state index in [1.54, 1.807) is 6.08 Å². The van der Waals surface area contributed by atoms with Gasteiger partial charge in [0, 0.05) is 6.08 Å². The van der Waals surface area contributed by atoms with Gasteiger partial charge in [-0.15, -0.1) is 0 Å². The molecule has 0 spiro atoms. The van der Waals surface area contributed by atoms with Crippen molar-refractivity contribution in [3.8, 4) is 0 Å². The summed E-state index contributed by atoms with van der Waals surface area (Å²) < 4.78 is 0. The summed E-state index contributed by atoms with van der Waals surface area (Å²) in [6, 6.07) is 17.4. The number of rotatable bonds is 2. The fraction of sp³-hybridized carbons (Fsp3) is 0.0625. The van der Waals surface area contributed by atoms with E-state index in [1.807, 2.05) is 59.5 Å². The van der Waals surface area contributed by atoms with Crippen molar-refractivity contribution in [1.29, 1.82) is 0 Å². The number of amidine groups is 1. The van der Waals surface area contributed by atoms with Gasteiger partial charge in [-0.2, -0.15) is 0 Å². The zero-order valence-corrected chi connectivity index (χ0v) is 12.0. The number of nitrogens with zero attached hydrogens (tertiary/aromatic N) is 2. The SMILES string of the molecule is NC1=CC(N)=N[C@@H](c2ccccc2)N1c1ccccc1Cl. The van der Waals surface area contributed by atoms with Crippen LogP contribution >= 0.6 is 11.6 Å². The van der Waals surface area contributed by atoms with Gasteiger partial charge >= 0.3 is 0 Å². The molecule has 5 heteroatoms. The number of hydrogen-bond donors (Lipinski definition) is 2. The van der Waals surface area contributed by atoms with Crippen molar-refractivity contribution >= 4 is 23.1 Å². The molecule has 0 saturated carbocycles. The lowest BCUT2D eigenvalue weighted by Crippen LogP contribution is -2.37. The number of aliphatic imine (C=N–C) groups is 1. The summed E-state index contributed by atoms with van der Waals surface area (Å²) in [6.45, 7) is 0. The molecule has 1 aliphatic heterocycles. The van der Waals surface area contributed by atoms with Gasteiger partial charge in [0.2, 0.25) is 0 Å². The molecule has 0 unspecified atom stereocenters. The molecule has 4 nitrogen and oxygen atoms in total. The maximum atomic E-state index is 6.31. The molecule has 106 valence electrons. The van der Waals surface area contributed by atoms with Crippen LogP contribution in [0.2, 0.25) is 5.02 Å². The van der Waals surface area contributed by atoms with Crippen LogP contribution in [-0.2, 0) is 0 Å². The van der Waals surface area contributed by atoms with E-state index < -0.39 is 0 Å². The summed E-state index contributed by atoms with van der Waals surface area (Å²) in [4.78, 5) is 6.39. The van der Waals surface area contributed by atoms with Gasteiger partial charge in [0.05, 0.1) is 10.7 Å². The Morgan fingerprint density at radius 3 is 2.33 bits per heavy atom. The summed E-state index contributed by atoms with van der Waals surface area (Å²) in [5.41, 5.74) is 13.8. The molecule has 1 aliphatic rings. The average Bonchev–Trinajstić information content (AvgIpc) is 2.49. The maximum Gasteiger partial charge on any atom is 0.154 e. The van der Waals surface area contributed by atoms with Crippen molar-refractivity contribution < 1.29 is 0 Å². The van der Waals surface area contributed by atoms with E-state index in [-0.39, 0.29) is 6.17 Å². The number of nitrogens with two attached hydrogens (primary N) is 2. The van der Waals surface area contributed by atoms with Crippen molar-refractivity contribution in [2.24, 2.45) is 16.5 Å². The lowest BCUT2D eigenvalue weighted by atomic mass is 10.1. The van der Waals surface area contributed by atoms with Crippen LogP contribution in [-0.4, -0.2) is 5.84 Å². The number of halogens is 1. The monoisotopic (exact) mass is 298 g/mol. The van der Waals surface area contributed by atoms with Gasteiger partial charge < -0.3 is 11.5 Å². The minimum absolute atomic E-state index is 0.323. The molecule has 0 saturated heterocycles. The van der Waals surface area contributed by atoms with Crippen LogP contribution in [0.5, 0.6) is 0 Å². The Labute approximate surface area is 128 Å². The second-order valence-corrected chi connectivity index (χ2v) is 5.14. The Bertz CT molecular complexity index is 709. The van der Waals surface area contributed by atoms with Crippen LogP contribution < -0.4 is 16.4 Å². The molecule has 3 rings (SSSR count). The molecule has 0 aliphatic carbocycles. The highest BCUT2D eigenvalue weighted by Crippen LogP contribution is 2.36. The average molecular weight is 299 g/mol. The van der Waals surface area contributed by atoms with Crippen molar-refractivity contribution in [1.82, 2.24) is 0 Å². The first kappa shape index (κ1) is 13.5. The van der Waals surface area contributed by atoms with Crippen molar-refractivity contribution in [3.05, 3.63) is 77.1 Å². The second-order valence-electron chi connectivity index (χ2n) is 4.73. The van der Waals surface area contributed by atoms with E-state index in [0.717, 1.165) is 11.3 Å². The van der Waals surface area contributed by atoms with E-state index in [0.29, 0.717) is 16.7 Å². The van der Waals surface area contributed by atoms with E-state index in [9.17, 15) is 0 Å². The summed E-state index contributed by atoms with van der Waals surface area (Å²) in [5, 5.41) is 0.616. The molecule has 0 radical (unpaired) electrons. The fourth-order valence-electron chi connectivity index (χ4n) is 2.37. The molecular formula is C16H15ClN4. The third kappa shape index (κ3) is 2.58. The van der Waals surface area contributed by atoms with Crippen LogP contribution in [0.4, 0.5) is 5.69 Å². The second kappa shape index (κ2) is 5.50. The molecule has 1 heterocycles. The summed E-state index contributed by atoms with van der Waals surface area (Å²) in [5.74, 6) is 0.925. The van der Waals surface area contributed by atoms with Gasteiger partial charge in [0.25, 0.3) is 0 Å². The van der Waals surface area contributed by atoms with Gasteiger partial charge in [0.1, 0.15) is 11.7 Å². The van der Waals surface area contributed by atoms with E-state index in [4.69, 9.17) is 23.1 Å². The number of anilines is 1. The largest absolute Gasteiger partial charge is 0.385 e. The van der Waals surface area contributed by atoms with Crippen LogP contribution in [0.25, 0.3) is 0 Å². The van der Waals surface area contributed by atoms with Crippen molar-refractivity contribution in [2.75, 3.05) is 4.90 Å². The highest BCUT2D eigenvalue weighted by Gasteiger charge is 2.27. The quantitative estimate of drug-likeness (QED) is 0.895. The van der Waals surface area contributed by atoms with Crippen molar-refractivity contribution in [2.45, 2.75) is 6.17 Å². The van der Waals surface area contributed by atoms with Crippen molar-refractivity contribution in [3.63, 3.8) is 0 Å². The summed E-state index contributed by atoms with van der Waals surface area (Å²) >= 11 is 6.31. The molecule has 0 amide bonds. The first-order chi connectivity index (χ1) is 10.2. The zero-order chi connectivity index (χ0) is 14.8. The minimum atomic E-state index is -0.323. The topological polar surface area (TPSA) is 67.6 Å². The van der Waals surface area contributed by atoms with Gasteiger partial charge in [-0.1, -0.05) is 54.1 Å². The Balaban J connectivity index is 2.12. The van der Waals surface area contributed by atoms with E-state index in [1.165, 1.54) is 0 Å². The van der Waals surface area contributed by atoms with Gasteiger partial charge in [-0.3, -0.25) is 4.90 Å². The Kier molecular flexibility index (Phi) is 3.54. The normalized spacial score (nSPS) is 18.1. The third-order valence-electron chi connectivity index (χ3n) is 3.30. The van der Waals surface area contributed by atoms with E-state index in [2.05, 4.69) is 4.99 Å². The highest BCUT2D eigenvalue weighted by atomic mass is 35.5. The van der Waals surface area contributed by atoms with Crippen LogP contribution in [0, 0.1) is 0 Å². The van der Waals surface area contributed by atoms with E-state index >= 15 is 0 Å². The molecule has 2 aromatic rings. The predicted molar refractivity (Wildman–Crippen MR) is 87.0 cm³/mol. The lowest BCUT2D eigenvalue weighted by molar-refractivity contribution is 0.693. The molecule has 0 fully saturated rings. The van der Waals surface area contributed by atoms with Gasteiger partial charge in [0.15, 0.2) is 6.17 Å². The molecule has 0 aromatic heterocycles. The predicted octanol–water partition coefficient (Wildman–Crippen LogP) is 3.02. The molecule has 21 heavy (non-hydrogen) atoms. The minimum Gasteiger partial charge on any atom is -0.385 e. The van der Waals surface area contributed by atoms with Gasteiger partial charge in [-0.25, -0.2) is 4.99 Å². The number of hydrogen-bond acceptors (Lipinski definition) is 4. The summed E-state index contributed by atoms with van der Waals surface area (Å²) in [6.07, 6.45) is 1.32. The maximum absolute atomic E-state index is 6.31. The zero-order valence-electron chi connectivity index (χ0n) is 11.3. The standard InChI is InChI=1S/C16H15ClN4/c17-12-8-4-5-9-13(12)21-15(19)10-14(18)20-16(21)11-6-2-1-3-7-11/h1-10,16H,19H2,(H2,18,20)/t16-/m1/s1. The molecule has 1 atom stereocenters. The van der Waals surface area contributed by atoms with Crippen LogP contribution in [0.3, 0.4) is 0 Å². The lowest BCUT2D eigenvalue weighted by Gasteiger charge is -2.34. The van der Waals surface area contributed by atoms with Gasteiger partial charge in [-0.05, 0) is 17.7 Å². The van der Waals surface area contributed by atoms with Crippen LogP contribution in [0.1, 0.15) is 11.7 Å². The van der Waals surface area contributed by atoms with Crippen LogP contribution in [0.15, 0.2) is 71.5 Å². The smallest absolute Gasteiger partial charge is 0.154 e. The Morgan fingerprint density at radius 1 is 0.952 bits per heavy atom. The highest BCUT2D eigenvalue weighted by molar-refractivity contribution is 6.33. The molecular weight excluding hydrogens is 284 g/mol. The fourth-order valence-corrected chi connectivity index (χ4v) is 2.59. The Morgan fingerprint density at radius 2 is 1.62 bits per heavy atom. The molecule has 0 bridgehead atoms. The summed E-state index contributed by atoms with van der Waals surface area (Å²) in [7, 11) is 0.